The van der Waals surface area contributed by atoms with E-state index in [1.807, 2.05) is 0 Å². The molecule has 0 fully saturated rings. The van der Waals surface area contributed by atoms with Crippen molar-refractivity contribution in [2.75, 3.05) is 0 Å². The van der Waals surface area contributed by atoms with E-state index in [0.717, 1.165) is 17.7 Å². The van der Waals surface area contributed by atoms with Crippen LogP contribution in [0, 0.1) is 0 Å². The molecule has 0 amide bonds. The van der Waals surface area contributed by atoms with Gasteiger partial charge in [-0.2, -0.15) is 15.4 Å². The zero-order valence-electron chi connectivity index (χ0n) is 12.5. The van der Waals surface area contributed by atoms with Gasteiger partial charge in [0.2, 0.25) is 0 Å². The molecule has 3 rings (SSSR count). The fourth-order valence-corrected chi connectivity index (χ4v) is 2.81. The van der Waals surface area contributed by atoms with E-state index < -0.39 is 15.1 Å². The monoisotopic (exact) mass is 373 g/mol. The first kappa shape index (κ1) is 17.2. The quantitative estimate of drug-likeness (QED) is 0.545. The molecule has 0 unspecified atom stereocenters. The topological polar surface area (TPSA) is 41.6 Å². The first-order valence-corrected chi connectivity index (χ1v) is 8.95. The van der Waals surface area contributed by atoms with Crippen molar-refractivity contribution < 1.29 is 19.4 Å². The Morgan fingerprint density at radius 2 is 1.32 bits per heavy atom. The Hall–Kier alpha value is -2.68. The first-order valence-electron chi connectivity index (χ1n) is 7.00. The number of hydrogen-bond donors (Lipinski definition) is 1. The third kappa shape index (κ3) is 4.24. The van der Waals surface area contributed by atoms with Gasteiger partial charge in [0.15, 0.2) is 0 Å². The molecule has 0 aliphatic rings. The zero-order valence-corrected chi connectivity index (χ0v) is 13.4. The van der Waals surface area contributed by atoms with Crippen LogP contribution in [0.2, 0.25) is 0 Å². The number of aromatic nitrogens is 3. The van der Waals surface area contributed by atoms with Crippen LogP contribution in [0.4, 0.5) is 19.4 Å². The molecule has 0 saturated carbocycles. The van der Waals surface area contributed by atoms with Gasteiger partial charge < -0.3 is 0 Å². The summed E-state index contributed by atoms with van der Waals surface area (Å²) in [6.45, 7) is 0. The molecule has 3 nitrogen and oxygen atoms in total. The Balaban J connectivity index is 1.81. The largest absolute Gasteiger partial charge is 0.310 e. The highest BCUT2D eigenvalue weighted by Crippen LogP contribution is 3.02. The average Bonchev–Trinajstić information content (AvgIpc) is 3.05. The summed E-state index contributed by atoms with van der Waals surface area (Å²) >= 11 is 0. The minimum Gasteiger partial charge on any atom is -0.197 e. The van der Waals surface area contributed by atoms with Gasteiger partial charge in [0.25, 0.3) is 0 Å². The highest BCUT2D eigenvalue weighted by molar-refractivity contribution is 8.45. The molecule has 0 aliphatic carbocycles. The minimum atomic E-state index is -9.63. The van der Waals surface area contributed by atoms with Crippen LogP contribution >= 0.6 is 10.2 Å². The first-order chi connectivity index (χ1) is 11.5. The standard InChI is InChI=1S/C16H12F5N3S/c17-25(18,19,20,21)16-9-6-14(7-10-16)13-4-1-12(2-5-13)3-8-15-11-22-24-23-15/h1-11H,(H,22,23,24). The van der Waals surface area contributed by atoms with Gasteiger partial charge in [-0.25, -0.2) is 0 Å². The van der Waals surface area contributed by atoms with Gasteiger partial charge in [-0.15, -0.1) is 0 Å². The summed E-state index contributed by atoms with van der Waals surface area (Å²) in [6.07, 6.45) is 5.08. The van der Waals surface area contributed by atoms with Crippen LogP contribution in [0.3, 0.4) is 0 Å². The lowest BCUT2D eigenvalue weighted by Crippen LogP contribution is -2.05. The lowest BCUT2D eigenvalue weighted by Gasteiger charge is -2.40. The van der Waals surface area contributed by atoms with E-state index in [9.17, 15) is 19.4 Å². The van der Waals surface area contributed by atoms with E-state index in [0.29, 0.717) is 29.0 Å². The molecule has 0 saturated heterocycles. The summed E-state index contributed by atoms with van der Waals surface area (Å²) in [5.74, 6) is 0. The fraction of sp³-hybridized carbons (Fsp3) is 0. The molecule has 0 bridgehead atoms. The van der Waals surface area contributed by atoms with Gasteiger partial charge in [0, 0.05) is 0 Å². The lowest BCUT2D eigenvalue weighted by atomic mass is 10.0. The molecule has 1 N–H and O–H groups in total. The molecule has 1 heterocycles. The van der Waals surface area contributed by atoms with Crippen LogP contribution in [0.5, 0.6) is 0 Å². The second-order valence-corrected chi connectivity index (χ2v) is 7.75. The number of H-pyrrole nitrogens is 1. The Labute approximate surface area is 139 Å². The number of nitrogens with zero attached hydrogens (tertiary/aromatic N) is 2. The van der Waals surface area contributed by atoms with E-state index >= 15 is 0 Å². The molecular formula is C16H12F5N3S. The number of halogens is 5. The molecule has 3 aromatic rings. The van der Waals surface area contributed by atoms with E-state index in [-0.39, 0.29) is 0 Å². The Bertz CT molecular complexity index is 900. The van der Waals surface area contributed by atoms with Crippen LogP contribution < -0.4 is 0 Å². The van der Waals surface area contributed by atoms with Gasteiger partial charge in [-0.05, 0) is 34.9 Å². The predicted molar refractivity (Wildman–Crippen MR) is 88.6 cm³/mol. The molecule has 0 radical (unpaired) electrons. The number of nitrogens with one attached hydrogen (secondary N) is 1. The maximum absolute atomic E-state index is 12.7. The Morgan fingerprint density at radius 1 is 0.760 bits per heavy atom. The molecule has 2 aromatic carbocycles. The summed E-state index contributed by atoms with van der Waals surface area (Å²) in [4.78, 5) is -1.89. The van der Waals surface area contributed by atoms with Crippen molar-refractivity contribution in [3.8, 4) is 11.1 Å². The molecule has 0 aliphatic heterocycles. The van der Waals surface area contributed by atoms with Crippen LogP contribution in [-0.4, -0.2) is 15.4 Å². The summed E-state index contributed by atoms with van der Waals surface area (Å²) in [5, 5.41) is 10.0. The summed E-state index contributed by atoms with van der Waals surface area (Å²) in [6, 6.07) is 9.79. The molecule has 132 valence electrons. The average molecular weight is 373 g/mol. The Morgan fingerprint density at radius 3 is 1.80 bits per heavy atom. The van der Waals surface area contributed by atoms with Crippen molar-refractivity contribution in [1.29, 1.82) is 0 Å². The summed E-state index contributed by atoms with van der Waals surface area (Å²) in [5.41, 5.74) is 2.52. The van der Waals surface area contributed by atoms with Gasteiger partial charge >= 0.3 is 10.2 Å². The van der Waals surface area contributed by atoms with Crippen molar-refractivity contribution in [1.82, 2.24) is 15.4 Å². The van der Waals surface area contributed by atoms with Crippen molar-refractivity contribution in [3.05, 3.63) is 66.0 Å². The van der Waals surface area contributed by atoms with E-state index in [4.69, 9.17) is 0 Å². The number of hydrogen-bond acceptors (Lipinski definition) is 2. The van der Waals surface area contributed by atoms with Crippen LogP contribution in [0.15, 0.2) is 59.6 Å². The van der Waals surface area contributed by atoms with Crippen molar-refractivity contribution in [3.63, 3.8) is 0 Å². The SMILES string of the molecule is FS(F)(F)(F)(F)c1ccc(-c2ccc(C=Cc3cn[nH]n3)cc2)cc1. The second kappa shape index (κ2) is 5.16. The highest BCUT2D eigenvalue weighted by Gasteiger charge is 2.65. The van der Waals surface area contributed by atoms with E-state index in [1.54, 1.807) is 42.6 Å². The van der Waals surface area contributed by atoms with Crippen molar-refractivity contribution >= 4 is 22.4 Å². The van der Waals surface area contributed by atoms with Crippen LogP contribution in [-0.2, 0) is 0 Å². The number of benzene rings is 2. The number of rotatable bonds is 4. The second-order valence-electron chi connectivity index (χ2n) is 5.34. The third-order valence-corrected chi connectivity index (χ3v) is 4.59. The maximum atomic E-state index is 12.7. The van der Waals surface area contributed by atoms with Crippen LogP contribution in [0.1, 0.15) is 11.3 Å². The number of aromatic amines is 1. The van der Waals surface area contributed by atoms with Crippen molar-refractivity contribution in [2.45, 2.75) is 4.90 Å². The van der Waals surface area contributed by atoms with E-state index in [1.165, 1.54) is 0 Å². The molecular weight excluding hydrogens is 361 g/mol. The normalized spacial score (nSPS) is 15.1. The van der Waals surface area contributed by atoms with Gasteiger partial charge in [-0.1, -0.05) is 61.9 Å². The molecule has 0 atom stereocenters. The maximum Gasteiger partial charge on any atom is 0.310 e. The predicted octanol–water partition coefficient (Wildman–Crippen LogP) is 6.30. The van der Waals surface area contributed by atoms with Crippen molar-refractivity contribution in [2.24, 2.45) is 0 Å². The lowest BCUT2D eigenvalue weighted by molar-refractivity contribution is 0.364. The van der Waals surface area contributed by atoms with E-state index in [2.05, 4.69) is 15.4 Å². The highest BCUT2D eigenvalue weighted by atomic mass is 32.5. The fourth-order valence-electron chi connectivity index (χ4n) is 2.16. The molecule has 0 spiro atoms. The Kier molecular flexibility index (Phi) is 3.54. The van der Waals surface area contributed by atoms with Crippen LogP contribution in [0.25, 0.3) is 23.3 Å². The molecule has 9 heteroatoms. The molecule has 1 aromatic heterocycles. The van der Waals surface area contributed by atoms with Gasteiger partial charge in [0.1, 0.15) is 10.6 Å². The van der Waals surface area contributed by atoms with Gasteiger partial charge in [-0.3, -0.25) is 0 Å². The zero-order chi connectivity index (χ0) is 18.2. The molecule has 25 heavy (non-hydrogen) atoms. The smallest absolute Gasteiger partial charge is 0.197 e. The third-order valence-electron chi connectivity index (χ3n) is 3.42. The summed E-state index contributed by atoms with van der Waals surface area (Å²) in [7, 11) is -9.63. The van der Waals surface area contributed by atoms with Gasteiger partial charge in [0.05, 0.1) is 6.20 Å². The summed E-state index contributed by atoms with van der Waals surface area (Å²) < 4.78 is 63.6. The minimum absolute atomic E-state index is 0.412.